The summed E-state index contributed by atoms with van der Waals surface area (Å²) >= 11 is 0. The van der Waals surface area contributed by atoms with Crippen LogP contribution < -0.4 is 21.8 Å². The molecule has 2 aromatic carbocycles. The van der Waals surface area contributed by atoms with Crippen molar-refractivity contribution in [3.8, 4) is 0 Å². The molecule has 1 atom stereocenters. The molecule has 0 heterocycles. The van der Waals surface area contributed by atoms with Crippen molar-refractivity contribution in [2.45, 2.75) is 45.4 Å². The lowest BCUT2D eigenvalue weighted by Crippen LogP contribution is -2.40. The fourth-order valence-electron chi connectivity index (χ4n) is 3.25. The van der Waals surface area contributed by atoms with E-state index in [9.17, 15) is 0 Å². The maximum Gasteiger partial charge on any atom is 0.115 e. The largest absolute Gasteiger partial charge is 0.399 e. The Morgan fingerprint density at radius 1 is 0.760 bits per heavy atom. The number of rotatable bonds is 5. The van der Waals surface area contributed by atoms with Crippen LogP contribution in [0.4, 0.5) is 11.4 Å². The Morgan fingerprint density at radius 2 is 1.12 bits per heavy atom. The first kappa shape index (κ1) is 20.2. The predicted molar refractivity (Wildman–Crippen MR) is 120 cm³/mol. The Hall–Kier alpha value is -1.14. The van der Waals surface area contributed by atoms with Crippen molar-refractivity contribution >= 4 is 47.4 Å². The average molecular weight is 391 g/mol. The van der Waals surface area contributed by atoms with E-state index in [1.807, 2.05) is 12.1 Å². The lowest BCUT2D eigenvalue weighted by atomic mass is 9.98. The molecule has 0 aromatic heterocycles. The van der Waals surface area contributed by atoms with Crippen molar-refractivity contribution < 1.29 is 4.52 Å². The molecule has 4 N–H and O–H groups in total. The quantitative estimate of drug-likeness (QED) is 0.463. The topological polar surface area (TPSA) is 61.3 Å². The molecule has 0 radical (unpaired) electrons. The van der Waals surface area contributed by atoms with Crippen molar-refractivity contribution in [2.75, 3.05) is 11.5 Å². The maximum absolute atomic E-state index is 6.57. The molecule has 0 saturated heterocycles. The number of benzene rings is 2. The lowest BCUT2D eigenvalue weighted by Gasteiger charge is -2.27. The van der Waals surface area contributed by atoms with E-state index in [0.29, 0.717) is 0 Å². The summed E-state index contributed by atoms with van der Waals surface area (Å²) in [4.78, 5) is 0. The van der Waals surface area contributed by atoms with Gasteiger partial charge in [0, 0.05) is 32.0 Å². The number of hydrogen-bond donors (Lipinski definition) is 2. The van der Waals surface area contributed by atoms with Crippen LogP contribution >= 0.6 is 9.47 Å². The van der Waals surface area contributed by atoms with Crippen LogP contribution in [0.3, 0.4) is 0 Å². The van der Waals surface area contributed by atoms with Crippen LogP contribution in [0.2, 0.25) is 39.3 Å². The van der Waals surface area contributed by atoms with E-state index in [4.69, 9.17) is 16.0 Å². The highest BCUT2D eigenvalue weighted by Gasteiger charge is 2.27. The average Bonchev–Trinajstić information content (AvgIpc) is 2.48. The first-order valence-corrected chi connectivity index (χ1v) is 16.1. The van der Waals surface area contributed by atoms with Gasteiger partial charge < -0.3 is 16.0 Å². The molecule has 3 nitrogen and oxygen atoms in total. The van der Waals surface area contributed by atoms with Crippen molar-refractivity contribution in [1.29, 1.82) is 0 Å². The number of nitrogens with two attached hydrogens (primary N) is 2. The Labute approximate surface area is 156 Å². The summed E-state index contributed by atoms with van der Waals surface area (Å²) < 4.78 is 5.81. The van der Waals surface area contributed by atoms with Crippen LogP contribution in [0.25, 0.3) is 0 Å². The monoisotopic (exact) mass is 390 g/mol. The molecule has 0 fully saturated rings. The third-order valence-corrected chi connectivity index (χ3v) is 8.97. The third kappa shape index (κ3) is 4.17. The number of nitrogen functional groups attached to an aromatic ring is 2. The van der Waals surface area contributed by atoms with Gasteiger partial charge >= 0.3 is 0 Å². The molecular weight excluding hydrogens is 359 g/mol. The first-order chi connectivity index (χ1) is 11.5. The highest BCUT2D eigenvalue weighted by Crippen LogP contribution is 2.34. The fraction of sp³-hybridized carbons (Fsp3) is 0.368. The SMILES string of the molecule is C[Si](C)(C)c1cccc(C(OP)c2cccc([Si](C)(C)C)c2N)c1N. The number of anilines is 2. The number of hydrogen-bond acceptors (Lipinski definition) is 3. The zero-order chi connectivity index (χ0) is 19.0. The van der Waals surface area contributed by atoms with Gasteiger partial charge in [0.15, 0.2) is 0 Å². The summed E-state index contributed by atoms with van der Waals surface area (Å²) in [5.74, 6) is 0. The van der Waals surface area contributed by atoms with Gasteiger partial charge in [0.05, 0.1) is 16.1 Å². The van der Waals surface area contributed by atoms with Gasteiger partial charge in [0.1, 0.15) is 6.10 Å². The number of para-hydroxylation sites is 2. The van der Waals surface area contributed by atoms with Gasteiger partial charge in [0.2, 0.25) is 0 Å². The van der Waals surface area contributed by atoms with Gasteiger partial charge in [0.25, 0.3) is 0 Å². The van der Waals surface area contributed by atoms with E-state index < -0.39 is 16.1 Å². The highest BCUT2D eigenvalue weighted by atomic mass is 31.0. The molecule has 6 heteroatoms. The van der Waals surface area contributed by atoms with Gasteiger partial charge in [-0.25, -0.2) is 0 Å². The fourth-order valence-corrected chi connectivity index (χ4v) is 6.64. The van der Waals surface area contributed by atoms with E-state index in [2.05, 4.69) is 73.0 Å². The molecule has 1 unspecified atom stereocenters. The Bertz CT molecular complexity index is 703. The van der Waals surface area contributed by atoms with Crippen LogP contribution in [0.5, 0.6) is 0 Å². The minimum atomic E-state index is -1.53. The van der Waals surface area contributed by atoms with Crippen molar-refractivity contribution in [3.05, 3.63) is 47.5 Å². The minimum absolute atomic E-state index is 0.280. The molecule has 25 heavy (non-hydrogen) atoms. The summed E-state index contributed by atoms with van der Waals surface area (Å²) in [5.41, 5.74) is 16.8. The standard InChI is InChI=1S/C19H31N2OPSi2/c1-24(2,3)15-11-7-9-13(17(15)20)19(22-23)14-10-8-12-16(18(14)21)25(4,5)6/h7-12,19H,20-21,23H2,1-6H3. The van der Waals surface area contributed by atoms with Crippen molar-refractivity contribution in [3.63, 3.8) is 0 Å². The molecule has 2 aromatic rings. The molecule has 0 amide bonds. The molecule has 136 valence electrons. The smallest absolute Gasteiger partial charge is 0.115 e. The van der Waals surface area contributed by atoms with Crippen LogP contribution in [-0.2, 0) is 4.52 Å². The summed E-state index contributed by atoms with van der Waals surface area (Å²) in [6.07, 6.45) is -0.280. The minimum Gasteiger partial charge on any atom is -0.399 e. The molecule has 2 rings (SSSR count). The summed E-state index contributed by atoms with van der Waals surface area (Å²) in [7, 11) is -0.679. The second-order valence-electron chi connectivity index (χ2n) is 8.63. The molecular formula is C19H31N2OPSi2. The predicted octanol–water partition coefficient (Wildman–Crippen LogP) is 3.84. The van der Waals surface area contributed by atoms with Crippen molar-refractivity contribution in [1.82, 2.24) is 0 Å². The molecule has 0 aliphatic carbocycles. The molecule has 0 spiro atoms. The third-order valence-electron chi connectivity index (χ3n) is 4.60. The second-order valence-corrected chi connectivity index (χ2v) is 19.0. The highest BCUT2D eigenvalue weighted by molar-refractivity contribution is 7.09. The van der Waals surface area contributed by atoms with E-state index >= 15 is 0 Å². The summed E-state index contributed by atoms with van der Waals surface area (Å²) in [6.45, 7) is 13.8. The molecule has 0 bridgehead atoms. The normalized spacial score (nSPS) is 12.6. The summed E-state index contributed by atoms with van der Waals surface area (Å²) in [5, 5.41) is 2.52. The van der Waals surface area contributed by atoms with E-state index in [1.54, 1.807) is 0 Å². The van der Waals surface area contributed by atoms with Crippen molar-refractivity contribution in [2.24, 2.45) is 0 Å². The first-order valence-electron chi connectivity index (χ1n) is 8.61. The Kier molecular flexibility index (Phi) is 5.84. The van der Waals surface area contributed by atoms with E-state index in [0.717, 1.165) is 22.5 Å². The van der Waals surface area contributed by atoms with E-state index in [1.165, 1.54) is 10.4 Å². The van der Waals surface area contributed by atoms with Crippen LogP contribution in [0, 0.1) is 0 Å². The molecule has 0 aliphatic heterocycles. The van der Waals surface area contributed by atoms with Crippen LogP contribution in [-0.4, -0.2) is 16.1 Å². The van der Waals surface area contributed by atoms with Gasteiger partial charge in [-0.2, -0.15) is 0 Å². The van der Waals surface area contributed by atoms with Crippen LogP contribution in [0.15, 0.2) is 36.4 Å². The summed E-state index contributed by atoms with van der Waals surface area (Å²) in [6, 6.07) is 12.5. The van der Waals surface area contributed by atoms with Crippen LogP contribution in [0.1, 0.15) is 17.2 Å². The van der Waals surface area contributed by atoms with Gasteiger partial charge in [-0.3, -0.25) is 0 Å². The molecule has 0 saturated carbocycles. The Balaban J connectivity index is 2.64. The van der Waals surface area contributed by atoms with Gasteiger partial charge in [-0.1, -0.05) is 75.7 Å². The second kappa shape index (κ2) is 7.24. The Morgan fingerprint density at radius 3 is 1.40 bits per heavy atom. The van der Waals surface area contributed by atoms with E-state index in [-0.39, 0.29) is 6.10 Å². The lowest BCUT2D eigenvalue weighted by molar-refractivity contribution is 0.295. The molecule has 0 aliphatic rings. The zero-order valence-electron chi connectivity index (χ0n) is 16.2. The zero-order valence-corrected chi connectivity index (χ0v) is 19.3. The van der Waals surface area contributed by atoms with Gasteiger partial charge in [-0.15, -0.1) is 0 Å². The van der Waals surface area contributed by atoms with Gasteiger partial charge in [-0.05, 0) is 10.4 Å². The maximum atomic E-state index is 6.57.